The molecule has 0 aliphatic carbocycles. The van der Waals surface area contributed by atoms with E-state index >= 15 is 0 Å². The third-order valence-corrected chi connectivity index (χ3v) is 8.90. The maximum atomic E-state index is 13.1. The van der Waals surface area contributed by atoms with Crippen molar-refractivity contribution in [3.05, 3.63) is 83.8 Å². The first-order chi connectivity index (χ1) is 18.5. The molecule has 2 N–H and O–H groups in total. The maximum absolute atomic E-state index is 13.1. The zero-order valence-electron chi connectivity index (χ0n) is 23.7. The van der Waals surface area contributed by atoms with E-state index in [-0.39, 0.29) is 31.0 Å². The minimum Gasteiger partial charge on any atom is -0.494 e. The van der Waals surface area contributed by atoms with E-state index in [4.69, 9.17) is 19.9 Å². The SMILES string of the molecule is C=C(C)O/C(=C/CCC)CCCOc1ccc(S(=O)(=O)C2(C(N)=O)CCOCC2)cc1.Cc1cccc(C)c1. The monoisotopic (exact) mass is 557 g/mol. The number of benzene rings is 2. The number of aryl methyl sites for hydroxylation is 2. The molecule has 0 atom stereocenters. The van der Waals surface area contributed by atoms with E-state index in [0.717, 1.165) is 31.4 Å². The molecular weight excluding hydrogens is 514 g/mol. The highest BCUT2D eigenvalue weighted by molar-refractivity contribution is 7.93. The molecule has 39 heavy (non-hydrogen) atoms. The predicted molar refractivity (Wildman–Crippen MR) is 155 cm³/mol. The number of sulfone groups is 1. The lowest BCUT2D eigenvalue weighted by atomic mass is 9.98. The van der Waals surface area contributed by atoms with E-state index in [2.05, 4.69) is 57.7 Å². The van der Waals surface area contributed by atoms with E-state index in [0.29, 0.717) is 18.1 Å². The summed E-state index contributed by atoms with van der Waals surface area (Å²) in [5.74, 6) is 1.25. The summed E-state index contributed by atoms with van der Waals surface area (Å²) in [6, 6.07) is 14.6. The molecule has 0 radical (unpaired) electrons. The smallest absolute Gasteiger partial charge is 0.239 e. The van der Waals surface area contributed by atoms with Gasteiger partial charge in [-0.1, -0.05) is 55.3 Å². The molecule has 1 heterocycles. The molecule has 0 unspecified atom stereocenters. The molecule has 1 fully saturated rings. The van der Waals surface area contributed by atoms with Gasteiger partial charge in [0.25, 0.3) is 0 Å². The van der Waals surface area contributed by atoms with Crippen molar-refractivity contribution in [2.75, 3.05) is 19.8 Å². The molecule has 1 aliphatic heterocycles. The van der Waals surface area contributed by atoms with Gasteiger partial charge in [-0.25, -0.2) is 8.42 Å². The molecule has 0 spiro atoms. The lowest BCUT2D eigenvalue weighted by Gasteiger charge is -2.33. The van der Waals surface area contributed by atoms with Crippen molar-refractivity contribution in [2.24, 2.45) is 5.73 Å². The van der Waals surface area contributed by atoms with Crippen LogP contribution in [0.25, 0.3) is 0 Å². The van der Waals surface area contributed by atoms with Gasteiger partial charge in [-0.2, -0.15) is 0 Å². The highest BCUT2D eigenvalue weighted by Gasteiger charge is 2.51. The molecule has 8 heteroatoms. The molecule has 2 aromatic carbocycles. The summed E-state index contributed by atoms with van der Waals surface area (Å²) in [6.45, 7) is 12.7. The summed E-state index contributed by atoms with van der Waals surface area (Å²) >= 11 is 0. The fourth-order valence-corrected chi connectivity index (χ4v) is 6.17. The second kappa shape index (κ2) is 15.5. The Bertz CT molecular complexity index is 1190. The Morgan fingerprint density at radius 1 is 1.10 bits per heavy atom. The van der Waals surface area contributed by atoms with Gasteiger partial charge in [0.2, 0.25) is 5.91 Å². The van der Waals surface area contributed by atoms with Gasteiger partial charge >= 0.3 is 0 Å². The van der Waals surface area contributed by atoms with Crippen LogP contribution < -0.4 is 10.5 Å². The standard InChI is InChI=1S/C23H33NO6S.C8H10/c1-4-5-7-20(30-18(2)3)8-6-15-29-19-9-11-21(12-10-19)31(26,27)23(22(24)25)13-16-28-17-14-23;1-7-4-3-5-8(2)6-7/h7,9-12H,2,4-6,8,13-17H2,1,3H3,(H2,24,25);3-6H,1-2H3/b20-7+;. The van der Waals surface area contributed by atoms with E-state index in [9.17, 15) is 13.2 Å². The molecule has 3 rings (SSSR count). The number of ether oxygens (including phenoxy) is 3. The van der Waals surface area contributed by atoms with Crippen molar-refractivity contribution in [1.29, 1.82) is 0 Å². The summed E-state index contributed by atoms with van der Waals surface area (Å²) < 4.78 is 41.3. The number of nitrogens with two attached hydrogens (primary N) is 1. The van der Waals surface area contributed by atoms with Crippen molar-refractivity contribution in [2.45, 2.75) is 75.9 Å². The molecule has 214 valence electrons. The average molecular weight is 558 g/mol. The number of carbonyl (C=O) groups is 1. The van der Waals surface area contributed by atoms with Crippen LogP contribution in [0.3, 0.4) is 0 Å². The molecule has 0 bridgehead atoms. The van der Waals surface area contributed by atoms with Crippen molar-refractivity contribution in [3.63, 3.8) is 0 Å². The van der Waals surface area contributed by atoms with Crippen LogP contribution in [-0.2, 0) is 24.1 Å². The summed E-state index contributed by atoms with van der Waals surface area (Å²) in [5, 5.41) is 0. The van der Waals surface area contributed by atoms with Crippen LogP contribution in [-0.4, -0.2) is 38.9 Å². The second-order valence-electron chi connectivity index (χ2n) is 9.82. The van der Waals surface area contributed by atoms with Gasteiger partial charge < -0.3 is 19.9 Å². The Kier molecular flexibility index (Phi) is 12.7. The summed E-state index contributed by atoms with van der Waals surface area (Å²) in [6.07, 6.45) is 5.64. The van der Waals surface area contributed by atoms with E-state index in [1.807, 2.05) is 6.92 Å². The fraction of sp³-hybridized carbons (Fsp3) is 0.452. The number of hydrogen-bond donors (Lipinski definition) is 1. The number of rotatable bonds is 12. The number of hydrogen-bond acceptors (Lipinski definition) is 6. The molecule has 1 amide bonds. The minimum atomic E-state index is -3.94. The minimum absolute atomic E-state index is 0.0557. The van der Waals surface area contributed by atoms with Crippen molar-refractivity contribution >= 4 is 15.7 Å². The maximum Gasteiger partial charge on any atom is 0.239 e. The van der Waals surface area contributed by atoms with Crippen LogP contribution in [0.15, 0.2) is 77.6 Å². The molecule has 2 aromatic rings. The van der Waals surface area contributed by atoms with Gasteiger partial charge in [-0.05, 0) is 76.8 Å². The number of carbonyl (C=O) groups excluding carboxylic acids is 1. The van der Waals surface area contributed by atoms with E-state index in [1.54, 1.807) is 12.1 Å². The second-order valence-corrected chi connectivity index (χ2v) is 12.1. The Morgan fingerprint density at radius 2 is 1.72 bits per heavy atom. The van der Waals surface area contributed by atoms with Crippen LogP contribution in [0.2, 0.25) is 0 Å². The number of allylic oxidation sites excluding steroid dienone is 3. The third-order valence-electron chi connectivity index (χ3n) is 6.37. The highest BCUT2D eigenvalue weighted by atomic mass is 32.2. The lowest BCUT2D eigenvalue weighted by Crippen LogP contribution is -2.53. The van der Waals surface area contributed by atoms with Crippen molar-refractivity contribution in [1.82, 2.24) is 0 Å². The first-order valence-electron chi connectivity index (χ1n) is 13.4. The first kappa shape index (κ1) is 32.1. The Labute approximate surface area is 234 Å². The Morgan fingerprint density at radius 3 is 2.21 bits per heavy atom. The predicted octanol–water partition coefficient (Wildman–Crippen LogP) is 6.19. The highest BCUT2D eigenvalue weighted by Crippen LogP contribution is 2.35. The van der Waals surface area contributed by atoms with E-state index in [1.165, 1.54) is 23.3 Å². The summed E-state index contributed by atoms with van der Waals surface area (Å²) in [5.41, 5.74) is 8.18. The van der Waals surface area contributed by atoms with Gasteiger partial charge in [0.1, 0.15) is 5.75 Å². The van der Waals surface area contributed by atoms with Crippen LogP contribution in [0.4, 0.5) is 0 Å². The first-order valence-corrected chi connectivity index (χ1v) is 14.9. The fourth-order valence-electron chi connectivity index (χ4n) is 4.26. The molecule has 0 aromatic heterocycles. The molecule has 1 saturated heterocycles. The lowest BCUT2D eigenvalue weighted by molar-refractivity contribution is -0.122. The normalized spacial score (nSPS) is 15.0. The van der Waals surface area contributed by atoms with Gasteiger partial charge in [-0.15, -0.1) is 0 Å². The number of primary amides is 1. The Balaban J connectivity index is 0.000000568. The van der Waals surface area contributed by atoms with Crippen LogP contribution in [0.1, 0.15) is 63.5 Å². The molecular formula is C31H43NO6S. The van der Waals surface area contributed by atoms with Gasteiger partial charge in [0, 0.05) is 19.6 Å². The largest absolute Gasteiger partial charge is 0.494 e. The van der Waals surface area contributed by atoms with Crippen LogP contribution in [0, 0.1) is 13.8 Å². The van der Waals surface area contributed by atoms with Gasteiger partial charge in [0.15, 0.2) is 14.6 Å². The topological polar surface area (TPSA) is 105 Å². The third kappa shape index (κ3) is 9.55. The quantitative estimate of drug-likeness (QED) is 0.246. The summed E-state index contributed by atoms with van der Waals surface area (Å²) in [7, 11) is -3.94. The average Bonchev–Trinajstić information content (AvgIpc) is 2.90. The van der Waals surface area contributed by atoms with Crippen LogP contribution in [0.5, 0.6) is 5.75 Å². The zero-order chi connectivity index (χ0) is 28.9. The number of amides is 1. The molecule has 0 saturated carbocycles. The zero-order valence-corrected chi connectivity index (χ0v) is 24.5. The van der Waals surface area contributed by atoms with Crippen molar-refractivity contribution < 1.29 is 27.4 Å². The molecule has 7 nitrogen and oxygen atoms in total. The van der Waals surface area contributed by atoms with Crippen molar-refractivity contribution in [3.8, 4) is 5.75 Å². The Hall–Kier alpha value is -3.10. The molecule has 1 aliphatic rings. The van der Waals surface area contributed by atoms with Gasteiger partial charge in [-0.3, -0.25) is 4.79 Å². The number of unbranched alkanes of at least 4 members (excludes halogenated alkanes) is 1. The summed E-state index contributed by atoms with van der Waals surface area (Å²) in [4.78, 5) is 12.1. The van der Waals surface area contributed by atoms with Crippen LogP contribution >= 0.6 is 0 Å². The van der Waals surface area contributed by atoms with Gasteiger partial charge in [0.05, 0.1) is 23.0 Å². The van der Waals surface area contributed by atoms with E-state index < -0.39 is 20.5 Å².